The van der Waals surface area contributed by atoms with Gasteiger partial charge in [0.2, 0.25) is 0 Å². The predicted molar refractivity (Wildman–Crippen MR) is 73.1 cm³/mol. The van der Waals surface area contributed by atoms with Crippen LogP contribution in [0.3, 0.4) is 0 Å². The van der Waals surface area contributed by atoms with Crippen molar-refractivity contribution in [2.75, 3.05) is 14.2 Å². The number of nitrogens with zero attached hydrogens (tertiary/aromatic N) is 2. The standard InChI is InChI=1S/C14H19N3O/c1-9(15-3)7-14-16-10(2)12-8-11(18-4)5-6-13(12)17-14/h5-6,8-9,15H,7H2,1-4H3. The minimum absolute atomic E-state index is 0.375. The minimum atomic E-state index is 0.375. The number of likely N-dealkylation sites (N-methyl/N-ethyl adjacent to an activating group) is 1. The normalized spacial score (nSPS) is 12.7. The first-order valence-electron chi connectivity index (χ1n) is 6.12. The van der Waals surface area contributed by atoms with Crippen LogP contribution < -0.4 is 10.1 Å². The Kier molecular flexibility index (Phi) is 3.77. The first-order chi connectivity index (χ1) is 8.63. The number of ether oxygens (including phenoxy) is 1. The van der Waals surface area contributed by atoms with Gasteiger partial charge in [0.05, 0.1) is 12.6 Å². The second-order valence-electron chi connectivity index (χ2n) is 4.50. The van der Waals surface area contributed by atoms with Gasteiger partial charge in [0.1, 0.15) is 11.6 Å². The van der Waals surface area contributed by atoms with Gasteiger partial charge < -0.3 is 10.1 Å². The number of aromatic nitrogens is 2. The van der Waals surface area contributed by atoms with Gasteiger partial charge in [-0.15, -0.1) is 0 Å². The molecule has 0 spiro atoms. The van der Waals surface area contributed by atoms with Gasteiger partial charge in [-0.1, -0.05) is 0 Å². The van der Waals surface area contributed by atoms with Gasteiger partial charge in [-0.2, -0.15) is 0 Å². The van der Waals surface area contributed by atoms with Crippen LogP contribution >= 0.6 is 0 Å². The van der Waals surface area contributed by atoms with Crippen LogP contribution in [0.15, 0.2) is 18.2 Å². The van der Waals surface area contributed by atoms with Gasteiger partial charge >= 0.3 is 0 Å². The van der Waals surface area contributed by atoms with Gasteiger partial charge in [0, 0.05) is 23.5 Å². The zero-order valence-corrected chi connectivity index (χ0v) is 11.3. The summed E-state index contributed by atoms with van der Waals surface area (Å²) < 4.78 is 5.22. The predicted octanol–water partition coefficient (Wildman–Crippen LogP) is 2.10. The molecule has 4 nitrogen and oxygen atoms in total. The summed E-state index contributed by atoms with van der Waals surface area (Å²) in [6.45, 7) is 4.13. The Hall–Kier alpha value is -1.68. The molecule has 96 valence electrons. The fourth-order valence-corrected chi connectivity index (χ4v) is 1.91. The summed E-state index contributed by atoms with van der Waals surface area (Å²) in [5.74, 6) is 1.72. The number of aryl methyl sites for hydroxylation is 1. The number of hydrogen-bond acceptors (Lipinski definition) is 4. The Balaban J connectivity index is 2.43. The van der Waals surface area contributed by atoms with E-state index in [1.165, 1.54) is 0 Å². The molecule has 1 heterocycles. The lowest BCUT2D eigenvalue weighted by molar-refractivity contribution is 0.415. The van der Waals surface area contributed by atoms with Crippen molar-refractivity contribution in [2.45, 2.75) is 26.3 Å². The molecule has 1 aromatic heterocycles. The van der Waals surface area contributed by atoms with Gasteiger partial charge in [0.25, 0.3) is 0 Å². The maximum absolute atomic E-state index is 5.22. The zero-order valence-electron chi connectivity index (χ0n) is 11.3. The molecule has 0 fully saturated rings. The van der Waals surface area contributed by atoms with Crippen LogP contribution in [0.2, 0.25) is 0 Å². The van der Waals surface area contributed by atoms with E-state index in [0.717, 1.165) is 34.6 Å². The van der Waals surface area contributed by atoms with Gasteiger partial charge in [0.15, 0.2) is 0 Å². The van der Waals surface area contributed by atoms with E-state index in [4.69, 9.17) is 4.74 Å². The molecule has 0 aliphatic rings. The second-order valence-corrected chi connectivity index (χ2v) is 4.50. The quantitative estimate of drug-likeness (QED) is 0.896. The van der Waals surface area contributed by atoms with Crippen molar-refractivity contribution in [2.24, 2.45) is 0 Å². The molecular formula is C14H19N3O. The number of fused-ring (bicyclic) bond motifs is 1. The highest BCUT2D eigenvalue weighted by molar-refractivity contribution is 5.82. The minimum Gasteiger partial charge on any atom is -0.497 e. The lowest BCUT2D eigenvalue weighted by Gasteiger charge is -2.11. The Morgan fingerprint density at radius 2 is 2.11 bits per heavy atom. The molecule has 2 aromatic rings. The maximum Gasteiger partial charge on any atom is 0.130 e. The van der Waals surface area contributed by atoms with Gasteiger partial charge in [-0.25, -0.2) is 9.97 Å². The van der Waals surface area contributed by atoms with Crippen LogP contribution in [0.1, 0.15) is 18.4 Å². The molecule has 4 heteroatoms. The monoisotopic (exact) mass is 245 g/mol. The molecule has 1 unspecified atom stereocenters. The summed E-state index contributed by atoms with van der Waals surface area (Å²) in [7, 11) is 3.61. The summed E-state index contributed by atoms with van der Waals surface area (Å²) >= 11 is 0. The summed E-state index contributed by atoms with van der Waals surface area (Å²) in [5, 5.41) is 4.25. The molecule has 0 saturated heterocycles. The third kappa shape index (κ3) is 2.59. The number of hydrogen-bond donors (Lipinski definition) is 1. The van der Waals surface area contributed by atoms with Gasteiger partial charge in [-0.3, -0.25) is 0 Å². The maximum atomic E-state index is 5.22. The van der Waals surface area contributed by atoms with Crippen LogP contribution in [-0.4, -0.2) is 30.2 Å². The summed E-state index contributed by atoms with van der Waals surface area (Å²) in [6, 6.07) is 6.27. The molecule has 1 atom stereocenters. The highest BCUT2D eigenvalue weighted by Crippen LogP contribution is 2.21. The van der Waals surface area contributed by atoms with Crippen LogP contribution in [0.5, 0.6) is 5.75 Å². The molecule has 2 rings (SSSR count). The Morgan fingerprint density at radius 3 is 2.78 bits per heavy atom. The van der Waals surface area contributed by atoms with E-state index in [1.54, 1.807) is 7.11 Å². The third-order valence-corrected chi connectivity index (χ3v) is 3.12. The summed E-state index contributed by atoms with van der Waals surface area (Å²) in [6.07, 6.45) is 0.833. The van der Waals surface area contributed by atoms with Crippen LogP contribution in [-0.2, 0) is 6.42 Å². The number of methoxy groups -OCH3 is 1. The summed E-state index contributed by atoms with van der Waals surface area (Å²) in [5.41, 5.74) is 1.97. The first-order valence-corrected chi connectivity index (χ1v) is 6.12. The van der Waals surface area contributed by atoms with Crippen molar-refractivity contribution in [3.05, 3.63) is 29.7 Å². The van der Waals surface area contributed by atoms with E-state index in [2.05, 4.69) is 22.2 Å². The van der Waals surface area contributed by atoms with Crippen LogP contribution in [0.4, 0.5) is 0 Å². The molecule has 0 aliphatic heterocycles. The van der Waals surface area contributed by atoms with E-state index in [9.17, 15) is 0 Å². The third-order valence-electron chi connectivity index (χ3n) is 3.12. The largest absolute Gasteiger partial charge is 0.497 e. The first kappa shape index (κ1) is 12.8. The molecule has 0 aliphatic carbocycles. The molecule has 0 saturated carbocycles. The van der Waals surface area contributed by atoms with Gasteiger partial charge in [-0.05, 0) is 39.1 Å². The molecule has 0 radical (unpaired) electrons. The molecular weight excluding hydrogens is 226 g/mol. The number of rotatable bonds is 4. The average Bonchev–Trinajstić information content (AvgIpc) is 2.38. The smallest absolute Gasteiger partial charge is 0.130 e. The highest BCUT2D eigenvalue weighted by Gasteiger charge is 2.08. The Morgan fingerprint density at radius 1 is 1.33 bits per heavy atom. The van der Waals surface area contributed by atoms with Crippen molar-refractivity contribution in [1.82, 2.24) is 15.3 Å². The molecule has 18 heavy (non-hydrogen) atoms. The van der Waals surface area contributed by atoms with Crippen molar-refractivity contribution in [3.8, 4) is 5.75 Å². The van der Waals surface area contributed by atoms with Crippen molar-refractivity contribution in [3.63, 3.8) is 0 Å². The fourth-order valence-electron chi connectivity index (χ4n) is 1.91. The van der Waals surface area contributed by atoms with Crippen molar-refractivity contribution < 1.29 is 4.74 Å². The SMILES string of the molecule is CNC(C)Cc1nc(C)c2cc(OC)ccc2n1. The highest BCUT2D eigenvalue weighted by atomic mass is 16.5. The topological polar surface area (TPSA) is 47.0 Å². The second kappa shape index (κ2) is 5.31. The lowest BCUT2D eigenvalue weighted by atomic mass is 10.1. The molecule has 1 N–H and O–H groups in total. The van der Waals surface area contributed by atoms with Crippen LogP contribution in [0, 0.1) is 6.92 Å². The van der Waals surface area contributed by atoms with Crippen molar-refractivity contribution >= 4 is 10.9 Å². The zero-order chi connectivity index (χ0) is 13.1. The van der Waals surface area contributed by atoms with Crippen molar-refractivity contribution in [1.29, 1.82) is 0 Å². The molecule has 0 bridgehead atoms. The Labute approximate surface area is 107 Å². The van der Waals surface area contributed by atoms with E-state index in [1.807, 2.05) is 32.2 Å². The lowest BCUT2D eigenvalue weighted by Crippen LogP contribution is -2.24. The average molecular weight is 245 g/mol. The summed E-state index contributed by atoms with van der Waals surface area (Å²) in [4.78, 5) is 9.15. The van der Waals surface area contributed by atoms with E-state index < -0.39 is 0 Å². The Bertz CT molecular complexity index is 554. The molecule has 0 amide bonds. The van der Waals surface area contributed by atoms with E-state index in [-0.39, 0.29) is 0 Å². The van der Waals surface area contributed by atoms with E-state index >= 15 is 0 Å². The number of benzene rings is 1. The van der Waals surface area contributed by atoms with E-state index in [0.29, 0.717) is 6.04 Å². The molecule has 1 aromatic carbocycles. The fraction of sp³-hybridized carbons (Fsp3) is 0.429. The van der Waals surface area contributed by atoms with Crippen LogP contribution in [0.25, 0.3) is 10.9 Å². The number of nitrogens with one attached hydrogen (secondary N) is 1.